The van der Waals surface area contributed by atoms with Crippen molar-refractivity contribution in [2.75, 3.05) is 20.8 Å². The molecule has 0 bridgehead atoms. The first kappa shape index (κ1) is 23.4. The Morgan fingerprint density at radius 2 is 1.70 bits per heavy atom. The number of phenolic OH excluding ortho intramolecular Hbond substituents is 1. The van der Waals surface area contributed by atoms with Crippen LogP contribution in [-0.4, -0.2) is 31.8 Å². The van der Waals surface area contributed by atoms with Crippen molar-refractivity contribution in [3.8, 4) is 17.2 Å². The molecule has 0 aliphatic heterocycles. The second-order valence-corrected chi connectivity index (χ2v) is 6.87. The maximum Gasteiger partial charge on any atom is 0.200 e. The van der Waals surface area contributed by atoms with E-state index in [2.05, 4.69) is 34.7 Å². The normalized spacial score (nSPS) is 10.9. The van der Waals surface area contributed by atoms with E-state index in [1.807, 2.05) is 18.3 Å². The van der Waals surface area contributed by atoms with Crippen molar-refractivity contribution in [3.63, 3.8) is 0 Å². The van der Waals surface area contributed by atoms with Gasteiger partial charge in [-0.1, -0.05) is 6.92 Å². The molecule has 0 aliphatic rings. The van der Waals surface area contributed by atoms with Crippen LogP contribution in [0.25, 0.3) is 0 Å². The Balaban J connectivity index is 0.00000364. The molecule has 1 heterocycles. The number of aryl methyl sites for hydroxylation is 1. The number of aliphatic imine (C=N–C) groups is 1. The lowest BCUT2D eigenvalue weighted by molar-refractivity contribution is 0.339. The van der Waals surface area contributed by atoms with Crippen LogP contribution in [0.15, 0.2) is 29.3 Å². The van der Waals surface area contributed by atoms with Crippen LogP contribution in [0.1, 0.15) is 29.2 Å². The Morgan fingerprint density at radius 3 is 2.22 bits per heavy atom. The van der Waals surface area contributed by atoms with Crippen LogP contribution < -0.4 is 20.1 Å². The van der Waals surface area contributed by atoms with E-state index in [0.29, 0.717) is 18.0 Å². The number of thiophene rings is 1. The number of phenols is 1. The third-order valence-electron chi connectivity index (χ3n) is 3.80. The molecule has 0 unspecified atom stereocenters. The van der Waals surface area contributed by atoms with Crippen LogP contribution in [0, 0.1) is 0 Å². The number of hydrogen-bond donors (Lipinski definition) is 3. The van der Waals surface area contributed by atoms with Crippen molar-refractivity contribution in [1.82, 2.24) is 10.6 Å². The third-order valence-corrected chi connectivity index (χ3v) is 5.03. The Bertz CT molecular complexity index is 725. The summed E-state index contributed by atoms with van der Waals surface area (Å²) in [7, 11) is 3.03. The summed E-state index contributed by atoms with van der Waals surface area (Å²) in [5.74, 6) is 1.48. The molecule has 0 saturated carbocycles. The van der Waals surface area contributed by atoms with E-state index in [9.17, 15) is 5.11 Å². The molecule has 0 spiro atoms. The molecular weight excluding hydrogens is 477 g/mol. The molecule has 0 aliphatic carbocycles. The lowest BCUT2D eigenvalue weighted by Gasteiger charge is -2.12. The van der Waals surface area contributed by atoms with Gasteiger partial charge >= 0.3 is 0 Å². The summed E-state index contributed by atoms with van der Waals surface area (Å²) < 4.78 is 10.4. The van der Waals surface area contributed by atoms with Gasteiger partial charge in [0.25, 0.3) is 0 Å². The van der Waals surface area contributed by atoms with Crippen LogP contribution in [0.2, 0.25) is 0 Å². The first-order valence-electron chi connectivity index (χ1n) is 8.64. The topological polar surface area (TPSA) is 75.1 Å². The van der Waals surface area contributed by atoms with Crippen LogP contribution in [0.5, 0.6) is 17.2 Å². The third kappa shape index (κ3) is 6.76. The molecule has 150 valence electrons. The zero-order valence-electron chi connectivity index (χ0n) is 16.2. The number of nitrogens with zero attached hydrogens (tertiary/aromatic N) is 1. The number of ether oxygens (including phenoxy) is 2. The van der Waals surface area contributed by atoms with Crippen LogP contribution in [-0.2, 0) is 19.5 Å². The van der Waals surface area contributed by atoms with Gasteiger partial charge in [0.05, 0.1) is 27.3 Å². The van der Waals surface area contributed by atoms with Crippen molar-refractivity contribution in [3.05, 3.63) is 39.6 Å². The van der Waals surface area contributed by atoms with Crippen LogP contribution in [0.4, 0.5) is 0 Å². The summed E-state index contributed by atoms with van der Waals surface area (Å²) in [6, 6.07) is 7.84. The van der Waals surface area contributed by atoms with Crippen LogP contribution >= 0.6 is 35.3 Å². The molecule has 1 aromatic heterocycles. The summed E-state index contributed by atoms with van der Waals surface area (Å²) in [4.78, 5) is 7.27. The molecule has 0 saturated heterocycles. The highest BCUT2D eigenvalue weighted by Crippen LogP contribution is 2.37. The molecule has 0 radical (unpaired) electrons. The van der Waals surface area contributed by atoms with Gasteiger partial charge in [-0.25, -0.2) is 4.99 Å². The molecular formula is C19H28IN3O3S. The molecule has 0 amide bonds. The Morgan fingerprint density at radius 1 is 1.07 bits per heavy atom. The van der Waals surface area contributed by atoms with E-state index < -0.39 is 0 Å². The van der Waals surface area contributed by atoms with Crippen molar-refractivity contribution >= 4 is 41.3 Å². The van der Waals surface area contributed by atoms with Crippen molar-refractivity contribution in [1.29, 1.82) is 0 Å². The first-order chi connectivity index (χ1) is 12.6. The Kier molecular flexibility index (Phi) is 10.3. The maximum absolute atomic E-state index is 10.00. The van der Waals surface area contributed by atoms with Crippen molar-refractivity contribution in [2.24, 2.45) is 4.99 Å². The van der Waals surface area contributed by atoms with Crippen LogP contribution in [0.3, 0.4) is 0 Å². The van der Waals surface area contributed by atoms with Gasteiger partial charge in [-0.05, 0) is 43.2 Å². The smallest absolute Gasteiger partial charge is 0.200 e. The monoisotopic (exact) mass is 505 g/mol. The van der Waals surface area contributed by atoms with Gasteiger partial charge in [0.15, 0.2) is 17.5 Å². The summed E-state index contributed by atoms with van der Waals surface area (Å²) in [6.45, 7) is 6.14. The van der Waals surface area contributed by atoms with Gasteiger partial charge in [0, 0.05) is 16.3 Å². The Labute approximate surface area is 182 Å². The van der Waals surface area contributed by atoms with E-state index in [4.69, 9.17) is 9.47 Å². The highest BCUT2D eigenvalue weighted by atomic mass is 127. The van der Waals surface area contributed by atoms with Gasteiger partial charge < -0.3 is 25.2 Å². The number of benzene rings is 1. The fraction of sp³-hybridized carbons (Fsp3) is 0.421. The van der Waals surface area contributed by atoms with E-state index in [1.54, 1.807) is 12.1 Å². The summed E-state index contributed by atoms with van der Waals surface area (Å²) >= 11 is 1.81. The SMILES string of the molecule is CCNC(=NCc1cc(OC)c(O)c(OC)c1)NCc1ccc(CC)s1.I. The van der Waals surface area contributed by atoms with Crippen molar-refractivity contribution in [2.45, 2.75) is 33.4 Å². The van der Waals surface area contributed by atoms with Crippen molar-refractivity contribution < 1.29 is 14.6 Å². The molecule has 2 rings (SSSR count). The molecule has 0 atom stereocenters. The average Bonchev–Trinajstić information content (AvgIpc) is 3.13. The lowest BCUT2D eigenvalue weighted by atomic mass is 10.2. The minimum absolute atomic E-state index is 0. The highest BCUT2D eigenvalue weighted by molar-refractivity contribution is 14.0. The largest absolute Gasteiger partial charge is 0.502 e. The lowest BCUT2D eigenvalue weighted by Crippen LogP contribution is -2.36. The summed E-state index contributed by atoms with van der Waals surface area (Å²) in [6.07, 6.45) is 1.06. The number of nitrogens with one attached hydrogen (secondary N) is 2. The average molecular weight is 505 g/mol. The predicted octanol–water partition coefficient (Wildman–Crippen LogP) is 3.91. The minimum Gasteiger partial charge on any atom is -0.502 e. The van der Waals surface area contributed by atoms with E-state index in [1.165, 1.54) is 24.0 Å². The molecule has 6 nitrogen and oxygen atoms in total. The fourth-order valence-electron chi connectivity index (χ4n) is 2.43. The van der Waals surface area contributed by atoms with Gasteiger partial charge in [0.2, 0.25) is 5.75 Å². The zero-order valence-corrected chi connectivity index (χ0v) is 19.3. The number of halogens is 1. The number of aromatic hydroxyl groups is 1. The quantitative estimate of drug-likeness (QED) is 0.288. The number of rotatable bonds is 8. The Hall–Kier alpha value is -1.68. The summed E-state index contributed by atoms with van der Waals surface area (Å²) in [5, 5.41) is 16.6. The van der Waals surface area contributed by atoms with E-state index >= 15 is 0 Å². The molecule has 2 aromatic rings. The van der Waals surface area contributed by atoms with Gasteiger partial charge in [-0.3, -0.25) is 0 Å². The predicted molar refractivity (Wildman–Crippen MR) is 122 cm³/mol. The van der Waals surface area contributed by atoms with Gasteiger partial charge in [-0.15, -0.1) is 35.3 Å². The zero-order chi connectivity index (χ0) is 18.9. The minimum atomic E-state index is -0.00261. The standard InChI is InChI=1S/C19H27N3O3S.HI/c1-5-14-7-8-15(26-14)12-22-19(20-6-2)21-11-13-9-16(24-3)18(23)17(10-13)25-4;/h7-10,23H,5-6,11-12H2,1-4H3,(H2,20,21,22);1H. The fourth-order valence-corrected chi connectivity index (χ4v) is 3.33. The number of guanidine groups is 1. The second kappa shape index (κ2) is 11.9. The molecule has 3 N–H and O–H groups in total. The number of methoxy groups -OCH3 is 2. The molecule has 27 heavy (non-hydrogen) atoms. The first-order valence-corrected chi connectivity index (χ1v) is 9.46. The highest BCUT2D eigenvalue weighted by Gasteiger charge is 2.11. The second-order valence-electron chi connectivity index (χ2n) is 5.62. The van der Waals surface area contributed by atoms with Gasteiger partial charge in [0.1, 0.15) is 0 Å². The van der Waals surface area contributed by atoms with E-state index in [0.717, 1.165) is 31.0 Å². The van der Waals surface area contributed by atoms with E-state index in [-0.39, 0.29) is 29.7 Å². The molecule has 8 heteroatoms. The number of hydrogen-bond acceptors (Lipinski definition) is 5. The summed E-state index contributed by atoms with van der Waals surface area (Å²) in [5.41, 5.74) is 0.887. The molecule has 0 fully saturated rings. The molecule has 1 aromatic carbocycles. The van der Waals surface area contributed by atoms with Gasteiger partial charge in [-0.2, -0.15) is 0 Å². The maximum atomic E-state index is 10.00.